The Hall–Kier alpha value is -1.86. The fourth-order valence-electron chi connectivity index (χ4n) is 2.79. The topological polar surface area (TPSA) is 64.7 Å². The van der Waals surface area contributed by atoms with Crippen molar-refractivity contribution in [2.75, 3.05) is 36.4 Å². The lowest BCUT2D eigenvalue weighted by Gasteiger charge is -2.36. The summed E-state index contributed by atoms with van der Waals surface area (Å²) >= 11 is 11.5. The van der Waals surface area contributed by atoms with Gasteiger partial charge in [0.1, 0.15) is 0 Å². The quantitative estimate of drug-likeness (QED) is 0.749. The lowest BCUT2D eigenvalue weighted by atomic mass is 10.2. The lowest BCUT2D eigenvalue weighted by molar-refractivity contribution is -0.131. The lowest BCUT2D eigenvalue weighted by Crippen LogP contribution is -2.48. The molecule has 8 heteroatoms. The van der Waals surface area contributed by atoms with E-state index >= 15 is 0 Å². The van der Waals surface area contributed by atoms with Crippen molar-refractivity contribution in [3.8, 4) is 0 Å². The molecule has 142 valence electrons. The van der Waals surface area contributed by atoms with E-state index in [-0.39, 0.29) is 16.9 Å². The maximum absolute atomic E-state index is 12.0. The van der Waals surface area contributed by atoms with Gasteiger partial charge in [-0.15, -0.1) is 0 Å². The third-order valence-corrected chi connectivity index (χ3v) is 4.72. The Kier molecular flexibility index (Phi) is 7.66. The van der Waals surface area contributed by atoms with E-state index in [4.69, 9.17) is 23.8 Å². The second kappa shape index (κ2) is 9.73. The molecule has 2 N–H and O–H groups in total. The molecule has 1 aromatic carbocycles. The molecule has 2 amide bonds. The van der Waals surface area contributed by atoms with E-state index in [1.54, 1.807) is 13.0 Å². The number of rotatable bonds is 5. The number of carbonyl (C=O) groups excluding carboxylic acids is 2. The summed E-state index contributed by atoms with van der Waals surface area (Å²) in [5.41, 5.74) is 1.65. The maximum Gasteiger partial charge on any atom is 0.225 e. The highest BCUT2D eigenvalue weighted by molar-refractivity contribution is 7.80. The second-order valence-electron chi connectivity index (χ2n) is 6.14. The van der Waals surface area contributed by atoms with Gasteiger partial charge in [0, 0.05) is 44.7 Å². The highest BCUT2D eigenvalue weighted by Crippen LogP contribution is 2.29. The molecule has 1 heterocycles. The van der Waals surface area contributed by atoms with Crippen LogP contribution in [-0.4, -0.2) is 48.0 Å². The van der Waals surface area contributed by atoms with Gasteiger partial charge in [0.25, 0.3) is 0 Å². The predicted molar refractivity (Wildman–Crippen MR) is 110 cm³/mol. The van der Waals surface area contributed by atoms with Crippen LogP contribution in [0.5, 0.6) is 0 Å². The number of anilines is 2. The van der Waals surface area contributed by atoms with Crippen LogP contribution >= 0.6 is 23.8 Å². The molecule has 0 radical (unpaired) electrons. The van der Waals surface area contributed by atoms with Crippen LogP contribution in [0.2, 0.25) is 5.02 Å². The van der Waals surface area contributed by atoms with Gasteiger partial charge in [0.2, 0.25) is 11.8 Å². The Morgan fingerprint density at radius 2 is 1.88 bits per heavy atom. The average molecular weight is 397 g/mol. The largest absolute Gasteiger partial charge is 0.367 e. The first-order valence-electron chi connectivity index (χ1n) is 8.87. The molecule has 1 aliphatic heterocycles. The highest BCUT2D eigenvalue weighted by atomic mass is 35.5. The molecule has 0 saturated carbocycles. The molecular weight excluding hydrogens is 372 g/mol. The average Bonchev–Trinajstić information content (AvgIpc) is 2.62. The smallest absolute Gasteiger partial charge is 0.225 e. The Labute approximate surface area is 164 Å². The van der Waals surface area contributed by atoms with E-state index in [0.717, 1.165) is 30.9 Å². The first-order valence-corrected chi connectivity index (χ1v) is 9.66. The molecule has 1 saturated heterocycles. The molecular formula is C18H25ClN4O2S. The van der Waals surface area contributed by atoms with Crippen molar-refractivity contribution in [3.63, 3.8) is 0 Å². The number of halogens is 1. The maximum atomic E-state index is 12.0. The second-order valence-corrected chi connectivity index (χ2v) is 6.96. The van der Waals surface area contributed by atoms with Crippen LogP contribution in [0.25, 0.3) is 0 Å². The first-order chi connectivity index (χ1) is 12.4. The normalized spacial score (nSPS) is 14.1. The van der Waals surface area contributed by atoms with E-state index in [0.29, 0.717) is 31.0 Å². The van der Waals surface area contributed by atoms with Gasteiger partial charge in [0.15, 0.2) is 5.11 Å². The van der Waals surface area contributed by atoms with Gasteiger partial charge in [-0.3, -0.25) is 9.59 Å². The summed E-state index contributed by atoms with van der Waals surface area (Å²) in [7, 11) is 0. The number of hydrogen-bond donors (Lipinski definition) is 2. The summed E-state index contributed by atoms with van der Waals surface area (Å²) in [6.07, 6.45) is 1.85. The van der Waals surface area contributed by atoms with Gasteiger partial charge in [-0.2, -0.15) is 0 Å². The molecule has 0 unspecified atom stereocenters. The molecule has 6 nitrogen and oxygen atoms in total. The minimum absolute atomic E-state index is 0.138. The van der Waals surface area contributed by atoms with E-state index in [2.05, 4.69) is 15.5 Å². The number of nitrogens with zero attached hydrogens (tertiary/aromatic N) is 2. The first kappa shape index (κ1) is 20.5. The summed E-state index contributed by atoms with van der Waals surface area (Å²) in [6, 6.07) is 5.59. The molecule has 2 rings (SSSR count). The SMILES string of the molecule is CCCC(=O)N1CCN(c2ccc(NC(=S)NC(=O)CC)cc2Cl)CC1. The van der Waals surface area contributed by atoms with Crippen molar-refractivity contribution in [1.82, 2.24) is 10.2 Å². The van der Waals surface area contributed by atoms with Crippen LogP contribution in [0.15, 0.2) is 18.2 Å². The van der Waals surface area contributed by atoms with Crippen molar-refractivity contribution in [1.29, 1.82) is 0 Å². The van der Waals surface area contributed by atoms with Crippen molar-refractivity contribution in [2.24, 2.45) is 0 Å². The number of amides is 2. The van der Waals surface area contributed by atoms with Crippen LogP contribution in [0.1, 0.15) is 33.1 Å². The summed E-state index contributed by atoms with van der Waals surface area (Å²) < 4.78 is 0. The van der Waals surface area contributed by atoms with Crippen molar-refractivity contribution >= 4 is 52.1 Å². The number of thiocarbonyl (C=S) groups is 1. The van der Waals surface area contributed by atoms with Crippen molar-refractivity contribution in [2.45, 2.75) is 33.1 Å². The molecule has 0 bridgehead atoms. The molecule has 1 aliphatic rings. The summed E-state index contributed by atoms with van der Waals surface area (Å²) in [4.78, 5) is 27.4. The molecule has 1 fully saturated rings. The van der Waals surface area contributed by atoms with Crippen molar-refractivity contribution in [3.05, 3.63) is 23.2 Å². The van der Waals surface area contributed by atoms with Crippen LogP contribution in [-0.2, 0) is 9.59 Å². The van der Waals surface area contributed by atoms with Gasteiger partial charge in [-0.25, -0.2) is 0 Å². The van der Waals surface area contributed by atoms with E-state index in [1.807, 2.05) is 24.0 Å². The Balaban J connectivity index is 1.94. The summed E-state index contributed by atoms with van der Waals surface area (Å²) in [6.45, 7) is 6.71. The molecule has 0 aromatic heterocycles. The van der Waals surface area contributed by atoms with Gasteiger partial charge >= 0.3 is 0 Å². The van der Waals surface area contributed by atoms with Crippen LogP contribution in [0.3, 0.4) is 0 Å². The highest BCUT2D eigenvalue weighted by Gasteiger charge is 2.22. The summed E-state index contributed by atoms with van der Waals surface area (Å²) in [5, 5.41) is 6.41. The van der Waals surface area contributed by atoms with Gasteiger partial charge in [-0.05, 0) is 36.8 Å². The van der Waals surface area contributed by atoms with E-state index < -0.39 is 0 Å². The molecule has 26 heavy (non-hydrogen) atoms. The van der Waals surface area contributed by atoms with Crippen LogP contribution in [0.4, 0.5) is 11.4 Å². The number of benzene rings is 1. The monoisotopic (exact) mass is 396 g/mol. The van der Waals surface area contributed by atoms with E-state index in [1.165, 1.54) is 0 Å². The van der Waals surface area contributed by atoms with Gasteiger partial charge in [-0.1, -0.05) is 25.4 Å². The van der Waals surface area contributed by atoms with E-state index in [9.17, 15) is 9.59 Å². The zero-order valence-corrected chi connectivity index (χ0v) is 16.8. The fraction of sp³-hybridized carbons (Fsp3) is 0.500. The summed E-state index contributed by atoms with van der Waals surface area (Å²) in [5.74, 6) is 0.0844. The number of hydrogen-bond acceptors (Lipinski definition) is 4. The predicted octanol–water partition coefficient (Wildman–Crippen LogP) is 3.01. The number of nitrogens with one attached hydrogen (secondary N) is 2. The Bertz CT molecular complexity index is 675. The standard InChI is InChI=1S/C18H25ClN4O2S/c1-3-5-17(25)23-10-8-22(9-11-23)15-7-6-13(12-14(15)19)20-18(26)21-16(24)4-2/h6-7,12H,3-5,8-11H2,1-2H3,(H2,20,21,24,26). The zero-order chi connectivity index (χ0) is 19.1. The third-order valence-electron chi connectivity index (χ3n) is 4.22. The molecule has 0 atom stereocenters. The number of carbonyl (C=O) groups is 2. The van der Waals surface area contributed by atoms with Gasteiger partial charge in [0.05, 0.1) is 10.7 Å². The minimum Gasteiger partial charge on any atom is -0.367 e. The molecule has 1 aromatic rings. The van der Waals surface area contributed by atoms with Crippen molar-refractivity contribution < 1.29 is 9.59 Å². The molecule has 0 spiro atoms. The Morgan fingerprint density at radius 1 is 1.19 bits per heavy atom. The minimum atomic E-state index is -0.138. The Morgan fingerprint density at radius 3 is 2.46 bits per heavy atom. The third kappa shape index (κ3) is 5.57. The number of piperazine rings is 1. The van der Waals surface area contributed by atoms with Gasteiger partial charge < -0.3 is 20.4 Å². The zero-order valence-electron chi connectivity index (χ0n) is 15.2. The van der Waals surface area contributed by atoms with Crippen LogP contribution < -0.4 is 15.5 Å². The fourth-order valence-corrected chi connectivity index (χ4v) is 3.32. The molecule has 0 aliphatic carbocycles. The van der Waals surface area contributed by atoms with Crippen LogP contribution in [0, 0.1) is 0 Å².